The molecule has 0 atom stereocenters. The maximum atomic E-state index is 13.0. The minimum Gasteiger partial charge on any atom is -0.497 e. The van der Waals surface area contributed by atoms with E-state index in [4.69, 9.17) is 15.2 Å². The Bertz CT molecular complexity index is 453. The van der Waals surface area contributed by atoms with Gasteiger partial charge in [0.1, 0.15) is 11.5 Å². The number of nitrogens with two attached hydrogens (primary N) is 1. The third-order valence-electron chi connectivity index (χ3n) is 2.46. The smallest absolute Gasteiger partial charge is 0.277 e. The number of methoxy groups -OCH3 is 2. The molecule has 1 aromatic rings. The topological polar surface area (TPSA) is 73.6 Å². The van der Waals surface area contributed by atoms with Gasteiger partial charge in [0.15, 0.2) is 0 Å². The highest BCUT2D eigenvalue weighted by atomic mass is 19.3. The predicted octanol–water partition coefficient (Wildman–Crippen LogP) is 1.03. The molecule has 7 heteroatoms. The van der Waals surface area contributed by atoms with Crippen molar-refractivity contribution < 1.29 is 23.0 Å². The normalized spacial score (nSPS) is 11.0. The molecule has 0 aliphatic heterocycles. The molecule has 0 aliphatic carbocycles. The van der Waals surface area contributed by atoms with Crippen molar-refractivity contribution in [2.45, 2.75) is 5.92 Å². The molecule has 0 saturated heterocycles. The molecule has 19 heavy (non-hydrogen) atoms. The summed E-state index contributed by atoms with van der Waals surface area (Å²) in [7, 11) is 2.82. The monoisotopic (exact) mass is 274 g/mol. The Labute approximate surface area is 109 Å². The van der Waals surface area contributed by atoms with Gasteiger partial charge in [-0.2, -0.15) is 0 Å². The van der Waals surface area contributed by atoms with Crippen molar-refractivity contribution in [3.63, 3.8) is 0 Å². The lowest BCUT2D eigenvalue weighted by Crippen LogP contribution is -2.41. The van der Waals surface area contributed by atoms with Gasteiger partial charge in [-0.3, -0.25) is 4.79 Å². The summed E-state index contributed by atoms with van der Waals surface area (Å²) in [5, 5.41) is 2.11. The largest absolute Gasteiger partial charge is 0.497 e. The number of hydrogen-bond donors (Lipinski definition) is 2. The number of amides is 1. The van der Waals surface area contributed by atoms with Crippen LogP contribution in [0.4, 0.5) is 8.78 Å². The van der Waals surface area contributed by atoms with Gasteiger partial charge < -0.3 is 20.5 Å². The summed E-state index contributed by atoms with van der Waals surface area (Å²) in [6, 6.07) is 4.54. The molecule has 0 aromatic heterocycles. The average Bonchev–Trinajstić information content (AvgIpc) is 2.44. The number of carbonyl (C=O) groups is 1. The summed E-state index contributed by atoms with van der Waals surface area (Å²) in [6.07, 6.45) is 0. The van der Waals surface area contributed by atoms with Gasteiger partial charge in [0.2, 0.25) is 0 Å². The number of ether oxygens (including phenoxy) is 2. The zero-order chi connectivity index (χ0) is 14.5. The van der Waals surface area contributed by atoms with E-state index in [0.717, 1.165) is 0 Å². The fourth-order valence-electron chi connectivity index (χ4n) is 1.37. The van der Waals surface area contributed by atoms with Crippen molar-refractivity contribution in [3.8, 4) is 11.5 Å². The Morgan fingerprint density at radius 1 is 1.37 bits per heavy atom. The number of benzene rings is 1. The molecule has 1 amide bonds. The van der Waals surface area contributed by atoms with Crippen molar-refractivity contribution in [1.82, 2.24) is 5.32 Å². The number of hydrogen-bond acceptors (Lipinski definition) is 4. The van der Waals surface area contributed by atoms with Crippen LogP contribution in [0, 0.1) is 0 Å². The van der Waals surface area contributed by atoms with Gasteiger partial charge in [0.05, 0.1) is 32.9 Å². The average molecular weight is 274 g/mol. The second-order valence-electron chi connectivity index (χ2n) is 3.81. The summed E-state index contributed by atoms with van der Waals surface area (Å²) < 4.78 is 35.9. The van der Waals surface area contributed by atoms with Crippen molar-refractivity contribution >= 4 is 5.91 Å². The predicted molar refractivity (Wildman–Crippen MR) is 65.9 cm³/mol. The van der Waals surface area contributed by atoms with E-state index in [-0.39, 0.29) is 11.3 Å². The lowest BCUT2D eigenvalue weighted by molar-refractivity contribution is 0.0118. The number of carbonyl (C=O) groups excluding carboxylic acids is 1. The molecule has 0 radical (unpaired) electrons. The molecule has 5 nitrogen and oxygen atoms in total. The summed E-state index contributed by atoms with van der Waals surface area (Å²) in [5.41, 5.74) is 5.01. The van der Waals surface area contributed by atoms with Crippen molar-refractivity contribution in [3.05, 3.63) is 23.8 Å². The summed E-state index contributed by atoms with van der Waals surface area (Å²) in [5.74, 6) is -3.11. The quantitative estimate of drug-likeness (QED) is 0.812. The van der Waals surface area contributed by atoms with Crippen LogP contribution in [-0.4, -0.2) is 39.1 Å². The maximum absolute atomic E-state index is 13.0. The van der Waals surface area contributed by atoms with E-state index in [1.165, 1.54) is 26.4 Å². The number of halogens is 2. The maximum Gasteiger partial charge on any atom is 0.277 e. The highest BCUT2D eigenvalue weighted by molar-refractivity contribution is 5.97. The van der Waals surface area contributed by atoms with Crippen LogP contribution < -0.4 is 20.5 Å². The Balaban J connectivity index is 2.86. The van der Waals surface area contributed by atoms with Crippen LogP contribution >= 0.6 is 0 Å². The van der Waals surface area contributed by atoms with Crippen LogP contribution in [0.2, 0.25) is 0 Å². The third kappa shape index (κ3) is 4.06. The Kier molecular flexibility index (Phi) is 5.05. The van der Waals surface area contributed by atoms with Gasteiger partial charge in [-0.25, -0.2) is 8.78 Å². The zero-order valence-corrected chi connectivity index (χ0v) is 10.7. The Hall–Kier alpha value is -1.89. The first-order valence-electron chi connectivity index (χ1n) is 5.51. The first-order valence-corrected chi connectivity index (χ1v) is 5.51. The SMILES string of the molecule is COc1ccc(OC)c(C(=O)NCC(F)(F)CN)c1. The molecule has 3 N–H and O–H groups in total. The molecule has 0 heterocycles. The van der Waals surface area contributed by atoms with Crippen LogP contribution in [0.1, 0.15) is 10.4 Å². The van der Waals surface area contributed by atoms with Gasteiger partial charge in [0.25, 0.3) is 11.8 Å². The minimum absolute atomic E-state index is 0.120. The van der Waals surface area contributed by atoms with Crippen LogP contribution in [0.25, 0.3) is 0 Å². The molecule has 1 aromatic carbocycles. The second kappa shape index (κ2) is 6.33. The summed E-state index contributed by atoms with van der Waals surface area (Å²) >= 11 is 0. The highest BCUT2D eigenvalue weighted by Crippen LogP contribution is 2.24. The molecule has 0 saturated carbocycles. The second-order valence-corrected chi connectivity index (χ2v) is 3.81. The van der Waals surface area contributed by atoms with Gasteiger partial charge in [-0.05, 0) is 18.2 Å². The first-order chi connectivity index (χ1) is 8.93. The van der Waals surface area contributed by atoms with Crippen LogP contribution in [-0.2, 0) is 0 Å². The van der Waals surface area contributed by atoms with E-state index in [2.05, 4.69) is 5.32 Å². The van der Waals surface area contributed by atoms with Gasteiger partial charge >= 0.3 is 0 Å². The van der Waals surface area contributed by atoms with Crippen LogP contribution in [0.3, 0.4) is 0 Å². The third-order valence-corrected chi connectivity index (χ3v) is 2.46. The summed E-state index contributed by atoms with van der Waals surface area (Å²) in [4.78, 5) is 11.8. The molecule has 106 valence electrons. The lowest BCUT2D eigenvalue weighted by Gasteiger charge is -2.15. The van der Waals surface area contributed by atoms with E-state index in [1.807, 2.05) is 0 Å². The van der Waals surface area contributed by atoms with E-state index in [0.29, 0.717) is 5.75 Å². The van der Waals surface area contributed by atoms with Crippen LogP contribution in [0.5, 0.6) is 11.5 Å². The van der Waals surface area contributed by atoms with Crippen molar-refractivity contribution in [2.24, 2.45) is 5.73 Å². The number of rotatable bonds is 6. The van der Waals surface area contributed by atoms with Gasteiger partial charge in [-0.15, -0.1) is 0 Å². The fraction of sp³-hybridized carbons (Fsp3) is 0.417. The van der Waals surface area contributed by atoms with E-state index < -0.39 is 24.9 Å². The fourth-order valence-corrected chi connectivity index (χ4v) is 1.37. The van der Waals surface area contributed by atoms with E-state index >= 15 is 0 Å². The highest BCUT2D eigenvalue weighted by Gasteiger charge is 2.28. The molecule has 0 unspecified atom stereocenters. The molecule has 0 fully saturated rings. The molecular formula is C12H16F2N2O3. The van der Waals surface area contributed by atoms with E-state index in [9.17, 15) is 13.6 Å². The standard InChI is InChI=1S/C12H16F2N2O3/c1-18-8-3-4-10(19-2)9(5-8)11(17)16-7-12(13,14)6-15/h3-5H,6-7,15H2,1-2H3,(H,16,17). The van der Waals surface area contributed by atoms with Gasteiger partial charge in [0, 0.05) is 0 Å². The summed E-state index contributed by atoms with van der Waals surface area (Å²) in [6.45, 7) is -1.66. The lowest BCUT2D eigenvalue weighted by atomic mass is 10.1. The molecule has 0 spiro atoms. The Morgan fingerprint density at radius 2 is 2.05 bits per heavy atom. The molecule has 0 aliphatic rings. The van der Waals surface area contributed by atoms with Crippen LogP contribution in [0.15, 0.2) is 18.2 Å². The van der Waals surface area contributed by atoms with E-state index in [1.54, 1.807) is 6.07 Å². The first kappa shape index (κ1) is 15.2. The van der Waals surface area contributed by atoms with Crippen molar-refractivity contribution in [1.29, 1.82) is 0 Å². The molecular weight excluding hydrogens is 258 g/mol. The zero-order valence-electron chi connectivity index (χ0n) is 10.7. The number of alkyl halides is 2. The molecule has 0 bridgehead atoms. The van der Waals surface area contributed by atoms with Crippen molar-refractivity contribution in [2.75, 3.05) is 27.3 Å². The van der Waals surface area contributed by atoms with Gasteiger partial charge in [-0.1, -0.05) is 0 Å². The number of nitrogens with one attached hydrogen (secondary N) is 1. The Morgan fingerprint density at radius 3 is 2.58 bits per heavy atom. The molecule has 1 rings (SSSR count). The minimum atomic E-state index is -3.14.